The molecule has 0 unspecified atom stereocenters. The summed E-state index contributed by atoms with van der Waals surface area (Å²) in [6, 6.07) is 1.12. The molecule has 0 bridgehead atoms. The van der Waals surface area contributed by atoms with Crippen LogP contribution in [0.4, 0.5) is 0 Å². The molecule has 0 aromatic rings. The van der Waals surface area contributed by atoms with Gasteiger partial charge in [0.05, 0.1) is 0 Å². The zero-order valence-corrected chi connectivity index (χ0v) is 12.4. The van der Waals surface area contributed by atoms with Gasteiger partial charge in [0.15, 0.2) is 0 Å². The van der Waals surface area contributed by atoms with E-state index in [9.17, 15) is 0 Å². The molecule has 2 heteroatoms. The van der Waals surface area contributed by atoms with Gasteiger partial charge in [-0.25, -0.2) is 0 Å². The predicted octanol–water partition coefficient (Wildman–Crippen LogP) is 3.15. The number of nitrogens with two attached hydrogens (primary N) is 1. The Labute approximate surface area is 118 Å². The van der Waals surface area contributed by atoms with Crippen LogP contribution >= 0.6 is 0 Å². The summed E-state index contributed by atoms with van der Waals surface area (Å²) in [5, 5.41) is 3.64. The maximum atomic E-state index is 5.90. The lowest BCUT2D eigenvalue weighted by Crippen LogP contribution is -2.37. The van der Waals surface area contributed by atoms with Crippen molar-refractivity contribution in [1.29, 1.82) is 0 Å². The summed E-state index contributed by atoms with van der Waals surface area (Å²) in [5.74, 6) is 6.08. The second kappa shape index (κ2) is 9.83. The van der Waals surface area contributed by atoms with E-state index in [1.165, 1.54) is 31.3 Å². The topological polar surface area (TPSA) is 38.0 Å². The molecule has 19 heavy (non-hydrogen) atoms. The highest BCUT2D eigenvalue weighted by molar-refractivity contribution is 5.31. The van der Waals surface area contributed by atoms with Crippen molar-refractivity contribution in [3.63, 3.8) is 0 Å². The Morgan fingerprint density at radius 1 is 1.26 bits per heavy atom. The molecule has 0 aromatic carbocycles. The highest BCUT2D eigenvalue weighted by Gasteiger charge is 2.17. The van der Waals surface area contributed by atoms with Crippen molar-refractivity contribution in [2.45, 2.75) is 64.5 Å². The summed E-state index contributed by atoms with van der Waals surface area (Å²) in [6.45, 7) is 5.07. The molecule has 0 spiro atoms. The van der Waals surface area contributed by atoms with Crippen LogP contribution in [-0.2, 0) is 0 Å². The lowest BCUT2D eigenvalue weighted by Gasteiger charge is -2.27. The molecule has 2 aliphatic carbocycles. The van der Waals surface area contributed by atoms with Crippen LogP contribution in [-0.4, -0.2) is 18.6 Å². The molecular formula is C17H28N2. The fourth-order valence-electron chi connectivity index (χ4n) is 2.45. The van der Waals surface area contributed by atoms with Gasteiger partial charge < -0.3 is 11.1 Å². The first kappa shape index (κ1) is 16.0. The standard InChI is InChI=1S/C15H22N2.C2H6/c16-14-7-9-15(10-8-14)17-12-11-13-5-3-1-2-4-6-13;1-2/h3,5-6,14-15,17H,4,7-12,16H2;1-2H3. The number of hydrogen-bond acceptors (Lipinski definition) is 2. The van der Waals surface area contributed by atoms with E-state index in [1.807, 2.05) is 19.9 Å². The third-order valence-corrected chi connectivity index (χ3v) is 3.57. The largest absolute Gasteiger partial charge is 0.328 e. The molecule has 0 amide bonds. The predicted molar refractivity (Wildman–Crippen MR) is 83.8 cm³/mol. The molecule has 3 N–H and O–H groups in total. The second-order valence-corrected chi connectivity index (χ2v) is 4.95. The van der Waals surface area contributed by atoms with Gasteiger partial charge in [0.2, 0.25) is 0 Å². The van der Waals surface area contributed by atoms with Gasteiger partial charge in [-0.2, -0.15) is 0 Å². The van der Waals surface area contributed by atoms with Crippen LogP contribution in [0.2, 0.25) is 0 Å². The van der Waals surface area contributed by atoms with Crippen LogP contribution in [0.15, 0.2) is 23.8 Å². The second-order valence-electron chi connectivity index (χ2n) is 4.95. The van der Waals surface area contributed by atoms with E-state index in [0.717, 1.165) is 19.4 Å². The summed E-state index contributed by atoms with van der Waals surface area (Å²) in [4.78, 5) is 0. The highest BCUT2D eigenvalue weighted by atomic mass is 14.9. The Hall–Kier alpha value is -1.04. The van der Waals surface area contributed by atoms with E-state index in [-0.39, 0.29) is 0 Å². The maximum Gasteiger partial charge on any atom is 0.0278 e. The van der Waals surface area contributed by atoms with E-state index in [0.29, 0.717) is 12.1 Å². The average molecular weight is 260 g/mol. The number of rotatable bonds is 4. The van der Waals surface area contributed by atoms with Gasteiger partial charge in [0.1, 0.15) is 0 Å². The van der Waals surface area contributed by atoms with E-state index in [4.69, 9.17) is 5.73 Å². The summed E-state index contributed by atoms with van der Waals surface area (Å²) in [5.41, 5.74) is 7.29. The Bertz CT molecular complexity index is 349. The zero-order chi connectivity index (χ0) is 13.9. The van der Waals surface area contributed by atoms with Gasteiger partial charge >= 0.3 is 0 Å². The van der Waals surface area contributed by atoms with Gasteiger partial charge in [-0.15, -0.1) is 0 Å². The molecule has 0 atom stereocenters. The molecule has 0 aromatic heterocycles. The molecule has 106 valence electrons. The SMILES string of the molecule is CC.NC1CCC(NCCC2=CCC#CC=C2)CC1. The third-order valence-electron chi connectivity index (χ3n) is 3.57. The van der Waals surface area contributed by atoms with Crippen molar-refractivity contribution in [3.05, 3.63) is 23.8 Å². The number of hydrogen-bond donors (Lipinski definition) is 2. The lowest BCUT2D eigenvalue weighted by atomic mass is 9.92. The Morgan fingerprint density at radius 3 is 2.74 bits per heavy atom. The first-order valence-corrected chi connectivity index (χ1v) is 7.67. The van der Waals surface area contributed by atoms with Gasteiger partial charge in [-0.1, -0.05) is 37.8 Å². The van der Waals surface area contributed by atoms with Crippen LogP contribution in [0.5, 0.6) is 0 Å². The summed E-state index contributed by atoms with van der Waals surface area (Å²) >= 11 is 0. The molecule has 2 rings (SSSR count). The molecule has 0 radical (unpaired) electrons. The van der Waals surface area contributed by atoms with Crippen molar-refractivity contribution in [2.24, 2.45) is 5.73 Å². The third kappa shape index (κ3) is 6.61. The Kier molecular flexibility index (Phi) is 8.29. The zero-order valence-electron chi connectivity index (χ0n) is 12.4. The summed E-state index contributed by atoms with van der Waals surface area (Å²) in [6.07, 6.45) is 13.1. The van der Waals surface area contributed by atoms with Gasteiger partial charge in [-0.3, -0.25) is 0 Å². The van der Waals surface area contributed by atoms with Crippen molar-refractivity contribution >= 4 is 0 Å². The maximum absolute atomic E-state index is 5.90. The molecule has 1 saturated carbocycles. The van der Waals surface area contributed by atoms with Gasteiger partial charge in [-0.05, 0) is 50.3 Å². The molecule has 2 aliphatic rings. The first-order valence-electron chi connectivity index (χ1n) is 7.67. The van der Waals surface area contributed by atoms with Crippen LogP contribution in [0.3, 0.4) is 0 Å². The Morgan fingerprint density at radius 2 is 2.00 bits per heavy atom. The van der Waals surface area contributed by atoms with E-state index in [1.54, 1.807) is 0 Å². The monoisotopic (exact) mass is 260 g/mol. The van der Waals surface area contributed by atoms with E-state index < -0.39 is 0 Å². The normalized spacial score (nSPS) is 25.3. The quantitative estimate of drug-likeness (QED) is 0.762. The number of allylic oxidation sites excluding steroid dienone is 3. The van der Waals surface area contributed by atoms with Crippen LogP contribution in [0.25, 0.3) is 0 Å². The van der Waals surface area contributed by atoms with Crippen molar-refractivity contribution in [3.8, 4) is 11.8 Å². The highest BCUT2D eigenvalue weighted by Crippen LogP contribution is 2.17. The smallest absolute Gasteiger partial charge is 0.0278 e. The summed E-state index contributed by atoms with van der Waals surface area (Å²) in [7, 11) is 0. The first-order chi connectivity index (χ1) is 9.34. The molecule has 0 saturated heterocycles. The average Bonchev–Trinajstić information content (AvgIpc) is 2.72. The minimum absolute atomic E-state index is 0.442. The molecule has 2 nitrogen and oxygen atoms in total. The van der Waals surface area contributed by atoms with Gasteiger partial charge in [0.25, 0.3) is 0 Å². The van der Waals surface area contributed by atoms with E-state index >= 15 is 0 Å². The van der Waals surface area contributed by atoms with Crippen molar-refractivity contribution in [1.82, 2.24) is 5.32 Å². The lowest BCUT2D eigenvalue weighted by molar-refractivity contribution is 0.344. The van der Waals surface area contributed by atoms with Crippen molar-refractivity contribution < 1.29 is 0 Å². The van der Waals surface area contributed by atoms with E-state index in [2.05, 4.69) is 29.3 Å². The van der Waals surface area contributed by atoms with Crippen LogP contribution in [0.1, 0.15) is 52.4 Å². The van der Waals surface area contributed by atoms with Crippen molar-refractivity contribution in [2.75, 3.05) is 6.54 Å². The minimum Gasteiger partial charge on any atom is -0.328 e. The van der Waals surface area contributed by atoms with Crippen LogP contribution < -0.4 is 11.1 Å². The molecule has 0 heterocycles. The fourth-order valence-corrected chi connectivity index (χ4v) is 2.45. The van der Waals surface area contributed by atoms with Crippen LogP contribution in [0, 0.1) is 11.8 Å². The minimum atomic E-state index is 0.442. The summed E-state index contributed by atoms with van der Waals surface area (Å²) < 4.78 is 0. The number of nitrogens with one attached hydrogen (secondary N) is 1. The molecule has 0 aliphatic heterocycles. The molecule has 1 fully saturated rings. The fraction of sp³-hybridized carbons (Fsp3) is 0.647. The Balaban J connectivity index is 0.000000861. The molecular weight excluding hydrogens is 232 g/mol. The van der Waals surface area contributed by atoms with Gasteiger partial charge in [0, 0.05) is 18.5 Å².